The molecule has 0 radical (unpaired) electrons. The van der Waals surface area contributed by atoms with E-state index in [0.717, 1.165) is 40.0 Å². The van der Waals surface area contributed by atoms with Crippen LogP contribution in [0.5, 0.6) is 11.5 Å². The fourth-order valence-electron chi connectivity index (χ4n) is 3.77. The number of fused-ring (bicyclic) bond motifs is 2. The van der Waals surface area contributed by atoms with Gasteiger partial charge in [-0.05, 0) is 42.3 Å². The normalized spacial score (nSPS) is 17.6. The van der Waals surface area contributed by atoms with Gasteiger partial charge in [0, 0.05) is 30.8 Å². The highest BCUT2D eigenvalue weighted by atomic mass is 16.7. The number of nitrogens with zero attached hydrogens (tertiary/aromatic N) is 4. The fourth-order valence-corrected chi connectivity index (χ4v) is 3.77. The van der Waals surface area contributed by atoms with Crippen molar-refractivity contribution in [3.05, 3.63) is 59.9 Å². The van der Waals surface area contributed by atoms with Gasteiger partial charge in [-0.3, -0.25) is 14.8 Å². The Morgan fingerprint density at radius 2 is 1.90 bits per heavy atom. The van der Waals surface area contributed by atoms with Crippen molar-refractivity contribution >= 4 is 22.7 Å². The van der Waals surface area contributed by atoms with E-state index in [1.165, 1.54) is 0 Å². The first-order valence-corrected chi connectivity index (χ1v) is 9.73. The molecule has 0 spiro atoms. The number of amides is 1. The summed E-state index contributed by atoms with van der Waals surface area (Å²) in [5.74, 6) is 1.46. The maximum Gasteiger partial charge on any atom is 0.243 e. The molecule has 7 heteroatoms. The highest BCUT2D eigenvalue weighted by Gasteiger charge is 2.33. The Bertz CT molecular complexity index is 1130. The minimum atomic E-state index is -0.166. The second-order valence-electron chi connectivity index (χ2n) is 7.13. The van der Waals surface area contributed by atoms with Gasteiger partial charge in [-0.25, -0.2) is 5.01 Å². The van der Waals surface area contributed by atoms with Gasteiger partial charge >= 0.3 is 0 Å². The highest BCUT2D eigenvalue weighted by Crippen LogP contribution is 2.37. The molecule has 3 heterocycles. The molecule has 0 N–H and O–H groups in total. The summed E-state index contributed by atoms with van der Waals surface area (Å²) in [6, 6.07) is 11.6. The first-order chi connectivity index (χ1) is 14.2. The Kier molecular flexibility index (Phi) is 4.35. The lowest BCUT2D eigenvalue weighted by Gasteiger charge is -2.22. The molecule has 1 aromatic heterocycles. The Hall–Kier alpha value is -3.48. The molecule has 0 saturated carbocycles. The van der Waals surface area contributed by atoms with E-state index < -0.39 is 0 Å². The van der Waals surface area contributed by atoms with Gasteiger partial charge in [0.05, 0.1) is 22.8 Å². The minimum Gasteiger partial charge on any atom is -0.454 e. The van der Waals surface area contributed by atoms with Crippen molar-refractivity contribution in [3.63, 3.8) is 0 Å². The van der Waals surface area contributed by atoms with E-state index in [2.05, 4.69) is 9.97 Å². The molecule has 7 nitrogen and oxygen atoms in total. The van der Waals surface area contributed by atoms with E-state index in [1.54, 1.807) is 17.4 Å². The standard InChI is InChI=1S/C22H20N4O3/c1-2-3-22(27)26-19(15-4-6-16-18(10-15)24-9-8-23-16)12-17(25-26)14-5-7-20-21(11-14)29-13-28-20/h4-11,19H,2-3,12-13H2,1H3/t19-/m1/s1. The first-order valence-electron chi connectivity index (χ1n) is 9.73. The van der Waals surface area contributed by atoms with Crippen molar-refractivity contribution in [1.29, 1.82) is 0 Å². The molecular weight excluding hydrogens is 368 g/mol. The van der Waals surface area contributed by atoms with Crippen LogP contribution in [0.1, 0.15) is 43.4 Å². The van der Waals surface area contributed by atoms with E-state index in [-0.39, 0.29) is 18.7 Å². The van der Waals surface area contributed by atoms with Crippen LogP contribution in [0, 0.1) is 0 Å². The number of benzene rings is 2. The number of hydrogen-bond donors (Lipinski definition) is 0. The van der Waals surface area contributed by atoms with Crippen LogP contribution in [0.2, 0.25) is 0 Å². The lowest BCUT2D eigenvalue weighted by Crippen LogP contribution is -2.26. The molecule has 3 aromatic rings. The zero-order chi connectivity index (χ0) is 19.8. The summed E-state index contributed by atoms with van der Waals surface area (Å²) in [5, 5.41) is 6.33. The van der Waals surface area contributed by atoms with Gasteiger partial charge in [-0.15, -0.1) is 0 Å². The zero-order valence-electron chi connectivity index (χ0n) is 16.0. The Balaban J connectivity index is 1.51. The van der Waals surface area contributed by atoms with Crippen molar-refractivity contribution in [3.8, 4) is 11.5 Å². The van der Waals surface area contributed by atoms with Crippen LogP contribution in [-0.4, -0.2) is 33.4 Å². The summed E-state index contributed by atoms with van der Waals surface area (Å²) in [5.41, 5.74) is 4.44. The van der Waals surface area contributed by atoms with E-state index >= 15 is 0 Å². The monoisotopic (exact) mass is 388 g/mol. The lowest BCUT2D eigenvalue weighted by molar-refractivity contribution is -0.133. The number of ether oxygens (including phenoxy) is 2. The third-order valence-electron chi connectivity index (χ3n) is 5.21. The smallest absolute Gasteiger partial charge is 0.243 e. The summed E-state index contributed by atoms with van der Waals surface area (Å²) in [7, 11) is 0. The molecule has 5 rings (SSSR count). The van der Waals surface area contributed by atoms with Gasteiger partial charge in [0.1, 0.15) is 0 Å². The maximum absolute atomic E-state index is 12.8. The van der Waals surface area contributed by atoms with Gasteiger partial charge in [0.15, 0.2) is 11.5 Å². The third-order valence-corrected chi connectivity index (χ3v) is 5.21. The molecule has 0 bridgehead atoms. The SMILES string of the molecule is CCCC(=O)N1N=C(c2ccc3c(c2)OCO3)C[C@@H]1c1ccc2nccnc2c1. The van der Waals surface area contributed by atoms with Crippen molar-refractivity contribution in [2.75, 3.05) is 6.79 Å². The molecule has 1 amide bonds. The van der Waals surface area contributed by atoms with Crippen molar-refractivity contribution in [2.45, 2.75) is 32.2 Å². The van der Waals surface area contributed by atoms with E-state index in [0.29, 0.717) is 18.6 Å². The predicted molar refractivity (Wildman–Crippen MR) is 108 cm³/mol. The number of hydrogen-bond acceptors (Lipinski definition) is 6. The lowest BCUT2D eigenvalue weighted by atomic mass is 9.97. The molecule has 0 saturated heterocycles. The Labute approximate surface area is 168 Å². The minimum absolute atomic E-state index is 0.0208. The average molecular weight is 388 g/mol. The number of rotatable bonds is 4. The van der Waals surface area contributed by atoms with Gasteiger partial charge in [0.2, 0.25) is 12.7 Å². The largest absolute Gasteiger partial charge is 0.454 e. The summed E-state index contributed by atoms with van der Waals surface area (Å²) in [4.78, 5) is 21.5. The zero-order valence-corrected chi connectivity index (χ0v) is 16.0. The number of hydrazone groups is 1. The van der Waals surface area contributed by atoms with E-state index in [4.69, 9.17) is 14.6 Å². The number of carbonyl (C=O) groups is 1. The van der Waals surface area contributed by atoms with Crippen LogP contribution in [0.4, 0.5) is 0 Å². The topological polar surface area (TPSA) is 76.9 Å². The first kappa shape index (κ1) is 17.6. The van der Waals surface area contributed by atoms with Crippen LogP contribution < -0.4 is 9.47 Å². The van der Waals surface area contributed by atoms with Crippen LogP contribution in [0.3, 0.4) is 0 Å². The van der Waals surface area contributed by atoms with Crippen LogP contribution >= 0.6 is 0 Å². The average Bonchev–Trinajstić information content (AvgIpc) is 3.40. The van der Waals surface area contributed by atoms with Crippen molar-refractivity contribution < 1.29 is 14.3 Å². The molecule has 2 aliphatic rings. The maximum atomic E-state index is 12.8. The van der Waals surface area contributed by atoms with Gasteiger partial charge in [0.25, 0.3) is 0 Å². The molecule has 0 unspecified atom stereocenters. The quantitative estimate of drug-likeness (QED) is 0.679. The molecule has 2 aromatic carbocycles. The van der Waals surface area contributed by atoms with Gasteiger partial charge < -0.3 is 9.47 Å². The molecule has 29 heavy (non-hydrogen) atoms. The van der Waals surface area contributed by atoms with Crippen molar-refractivity contribution in [1.82, 2.24) is 15.0 Å². The molecule has 146 valence electrons. The molecule has 0 fully saturated rings. The molecular formula is C22H20N4O3. The Morgan fingerprint density at radius 1 is 1.07 bits per heavy atom. The van der Waals surface area contributed by atoms with E-state index in [1.807, 2.05) is 43.3 Å². The Morgan fingerprint density at radius 3 is 2.76 bits per heavy atom. The summed E-state index contributed by atoms with van der Waals surface area (Å²) in [6.07, 6.45) is 5.22. The molecule has 0 aliphatic carbocycles. The molecule has 2 aliphatic heterocycles. The van der Waals surface area contributed by atoms with Crippen LogP contribution in [0.25, 0.3) is 11.0 Å². The predicted octanol–water partition coefficient (Wildman–Crippen LogP) is 3.84. The van der Waals surface area contributed by atoms with Crippen LogP contribution in [-0.2, 0) is 4.79 Å². The number of aromatic nitrogens is 2. The summed E-state index contributed by atoms with van der Waals surface area (Å²) in [6.45, 7) is 2.23. The van der Waals surface area contributed by atoms with Crippen molar-refractivity contribution in [2.24, 2.45) is 5.10 Å². The third kappa shape index (κ3) is 3.18. The number of carbonyl (C=O) groups excluding carboxylic acids is 1. The second-order valence-corrected chi connectivity index (χ2v) is 7.13. The highest BCUT2D eigenvalue weighted by molar-refractivity contribution is 6.03. The molecule has 1 atom stereocenters. The van der Waals surface area contributed by atoms with E-state index in [9.17, 15) is 4.79 Å². The second kappa shape index (κ2) is 7.16. The van der Waals surface area contributed by atoms with Crippen LogP contribution in [0.15, 0.2) is 53.9 Å². The summed E-state index contributed by atoms with van der Waals surface area (Å²) < 4.78 is 10.9. The van der Waals surface area contributed by atoms with Gasteiger partial charge in [-0.2, -0.15) is 5.10 Å². The fraction of sp³-hybridized carbons (Fsp3) is 0.273. The van der Waals surface area contributed by atoms with Gasteiger partial charge in [-0.1, -0.05) is 13.0 Å². The summed E-state index contributed by atoms with van der Waals surface area (Å²) >= 11 is 0.